The first-order chi connectivity index (χ1) is 9.16. The first kappa shape index (κ1) is 16.0. The average molecular weight is 292 g/mol. The highest BCUT2D eigenvalue weighted by molar-refractivity contribution is 5.87. The molecule has 3 nitrogen and oxygen atoms in total. The van der Waals surface area contributed by atoms with E-state index < -0.39 is 29.6 Å². The Labute approximate surface area is 112 Å². The van der Waals surface area contributed by atoms with E-state index in [9.17, 15) is 22.4 Å². The number of ether oxygens (including phenoxy) is 2. The summed E-state index contributed by atoms with van der Waals surface area (Å²) in [5, 5.41) is 0. The van der Waals surface area contributed by atoms with Crippen LogP contribution in [0.1, 0.15) is 18.6 Å². The van der Waals surface area contributed by atoms with Crippen LogP contribution in [0.4, 0.5) is 17.6 Å². The highest BCUT2D eigenvalue weighted by Crippen LogP contribution is 2.37. The van der Waals surface area contributed by atoms with Gasteiger partial charge < -0.3 is 9.47 Å². The van der Waals surface area contributed by atoms with Gasteiger partial charge in [-0.05, 0) is 19.1 Å². The molecule has 0 bridgehead atoms. The summed E-state index contributed by atoms with van der Waals surface area (Å²) in [4.78, 5) is 11.2. The van der Waals surface area contributed by atoms with Crippen molar-refractivity contribution in [1.29, 1.82) is 0 Å². The molecule has 0 amide bonds. The van der Waals surface area contributed by atoms with Gasteiger partial charge in [0.1, 0.15) is 0 Å². The van der Waals surface area contributed by atoms with Gasteiger partial charge in [-0.25, -0.2) is 9.18 Å². The second kappa shape index (κ2) is 5.94. The predicted molar refractivity (Wildman–Crippen MR) is 62.7 cm³/mol. The van der Waals surface area contributed by atoms with Crippen molar-refractivity contribution >= 4 is 5.97 Å². The van der Waals surface area contributed by atoms with Crippen molar-refractivity contribution in [3.05, 3.63) is 41.7 Å². The van der Waals surface area contributed by atoms with E-state index in [-0.39, 0.29) is 11.3 Å². The molecule has 1 rings (SSSR count). The van der Waals surface area contributed by atoms with Crippen molar-refractivity contribution < 1.29 is 31.8 Å². The third-order valence-electron chi connectivity index (χ3n) is 2.35. The van der Waals surface area contributed by atoms with Crippen LogP contribution >= 0.6 is 0 Å². The summed E-state index contributed by atoms with van der Waals surface area (Å²) in [5.41, 5.74) is -0.723. The van der Waals surface area contributed by atoms with Gasteiger partial charge in [0.05, 0.1) is 7.11 Å². The van der Waals surface area contributed by atoms with E-state index in [4.69, 9.17) is 0 Å². The zero-order valence-corrected chi connectivity index (χ0v) is 10.8. The first-order valence-corrected chi connectivity index (χ1v) is 5.43. The largest absolute Gasteiger partial charge is 0.494 e. The number of halogens is 4. The molecule has 0 fully saturated rings. The monoisotopic (exact) mass is 292 g/mol. The number of hydrogen-bond donors (Lipinski definition) is 0. The molecular formula is C13H12F4O3. The summed E-state index contributed by atoms with van der Waals surface area (Å²) < 4.78 is 61.0. The lowest BCUT2D eigenvalue weighted by Gasteiger charge is -2.21. The van der Waals surface area contributed by atoms with Gasteiger partial charge in [-0.3, -0.25) is 0 Å². The fourth-order valence-electron chi connectivity index (χ4n) is 1.38. The number of esters is 1. The van der Waals surface area contributed by atoms with Crippen molar-refractivity contribution in [2.24, 2.45) is 0 Å². The van der Waals surface area contributed by atoms with Crippen molar-refractivity contribution in [3.8, 4) is 5.75 Å². The molecule has 0 N–H and O–H groups in total. The summed E-state index contributed by atoms with van der Waals surface area (Å²) in [6.07, 6.45) is -7.43. The van der Waals surface area contributed by atoms with Crippen LogP contribution in [-0.4, -0.2) is 19.3 Å². The molecule has 0 aromatic heterocycles. The van der Waals surface area contributed by atoms with Crippen molar-refractivity contribution in [3.63, 3.8) is 0 Å². The third-order valence-corrected chi connectivity index (χ3v) is 2.35. The highest BCUT2D eigenvalue weighted by Gasteiger charge is 2.44. The number of rotatable bonds is 4. The molecule has 110 valence electrons. The van der Waals surface area contributed by atoms with E-state index in [1.165, 1.54) is 14.0 Å². The fourth-order valence-corrected chi connectivity index (χ4v) is 1.38. The molecule has 0 saturated heterocycles. The zero-order valence-electron chi connectivity index (χ0n) is 10.8. The topological polar surface area (TPSA) is 35.5 Å². The Bertz CT molecular complexity index is 523. The molecule has 0 radical (unpaired) electrons. The number of carbonyl (C=O) groups excluding carboxylic acids is 1. The highest BCUT2D eigenvalue weighted by atomic mass is 19.4. The van der Waals surface area contributed by atoms with Gasteiger partial charge in [0.2, 0.25) is 6.10 Å². The maximum absolute atomic E-state index is 13.4. The Morgan fingerprint density at radius 2 is 1.95 bits per heavy atom. The normalized spacial score (nSPS) is 12.7. The maximum Gasteiger partial charge on any atom is 0.429 e. The van der Waals surface area contributed by atoms with E-state index in [2.05, 4.69) is 16.1 Å². The Hall–Kier alpha value is -2.05. The average Bonchev–Trinajstić information content (AvgIpc) is 2.33. The van der Waals surface area contributed by atoms with Crippen molar-refractivity contribution in [2.75, 3.05) is 7.11 Å². The number of hydrogen-bond acceptors (Lipinski definition) is 3. The molecule has 1 aromatic carbocycles. The molecule has 1 unspecified atom stereocenters. The van der Waals surface area contributed by atoms with Gasteiger partial charge in [-0.15, -0.1) is 0 Å². The summed E-state index contributed by atoms with van der Waals surface area (Å²) in [6, 6.07) is 2.62. The van der Waals surface area contributed by atoms with Crippen molar-refractivity contribution in [2.45, 2.75) is 19.2 Å². The van der Waals surface area contributed by atoms with Crippen LogP contribution in [0.15, 0.2) is 30.4 Å². The molecule has 20 heavy (non-hydrogen) atoms. The van der Waals surface area contributed by atoms with Crippen LogP contribution in [0.5, 0.6) is 5.75 Å². The molecule has 0 saturated carbocycles. The Morgan fingerprint density at radius 1 is 1.35 bits per heavy atom. The standard InChI is InChI=1S/C13H12F4O3/c1-7(2)12(18)20-11(13(15,16)17)8-4-5-10(19-3)9(14)6-8/h4-6,11H,1H2,2-3H3. The van der Waals surface area contributed by atoms with Crippen LogP contribution < -0.4 is 4.74 Å². The second-order valence-corrected chi connectivity index (χ2v) is 4.00. The van der Waals surface area contributed by atoms with Gasteiger partial charge in [0.25, 0.3) is 0 Å². The minimum absolute atomic E-state index is 0.187. The summed E-state index contributed by atoms with van der Waals surface area (Å²) in [5.74, 6) is -2.39. The Morgan fingerprint density at radius 3 is 2.35 bits per heavy atom. The van der Waals surface area contributed by atoms with Crippen LogP contribution in [-0.2, 0) is 9.53 Å². The predicted octanol–water partition coefficient (Wildman–Crippen LogP) is 3.56. The number of alkyl halides is 3. The molecule has 1 atom stereocenters. The van der Waals surface area contributed by atoms with Gasteiger partial charge in [-0.1, -0.05) is 12.6 Å². The zero-order chi connectivity index (χ0) is 15.5. The van der Waals surface area contributed by atoms with Gasteiger partial charge in [0, 0.05) is 11.1 Å². The van der Waals surface area contributed by atoms with Crippen molar-refractivity contribution in [1.82, 2.24) is 0 Å². The van der Waals surface area contributed by atoms with Gasteiger partial charge in [0.15, 0.2) is 11.6 Å². The third kappa shape index (κ3) is 3.72. The van der Waals surface area contributed by atoms with Gasteiger partial charge >= 0.3 is 12.1 Å². The lowest BCUT2D eigenvalue weighted by molar-refractivity contribution is -0.222. The minimum atomic E-state index is -4.87. The minimum Gasteiger partial charge on any atom is -0.494 e. The molecule has 7 heteroatoms. The molecule has 0 spiro atoms. The number of carbonyl (C=O) groups is 1. The van der Waals surface area contributed by atoms with Crippen LogP contribution in [0.3, 0.4) is 0 Å². The smallest absolute Gasteiger partial charge is 0.429 e. The summed E-state index contributed by atoms with van der Waals surface area (Å²) in [6.45, 7) is 4.41. The molecule has 0 aliphatic rings. The van der Waals surface area contributed by atoms with E-state index in [0.29, 0.717) is 6.07 Å². The molecule has 1 aromatic rings. The summed E-state index contributed by atoms with van der Waals surface area (Å²) in [7, 11) is 1.18. The fraction of sp³-hybridized carbons (Fsp3) is 0.308. The van der Waals surface area contributed by atoms with Crippen LogP contribution in [0, 0.1) is 5.82 Å². The lowest BCUT2D eigenvalue weighted by Crippen LogP contribution is -2.26. The Kier molecular flexibility index (Phi) is 4.75. The second-order valence-electron chi connectivity index (χ2n) is 4.00. The van der Waals surface area contributed by atoms with Crippen LogP contribution in [0.25, 0.3) is 0 Å². The molecule has 0 aliphatic heterocycles. The molecule has 0 heterocycles. The number of methoxy groups -OCH3 is 1. The Balaban J connectivity index is 3.15. The molecule has 0 aliphatic carbocycles. The molecular weight excluding hydrogens is 280 g/mol. The summed E-state index contributed by atoms with van der Waals surface area (Å²) >= 11 is 0. The van der Waals surface area contributed by atoms with Crippen LogP contribution in [0.2, 0.25) is 0 Å². The first-order valence-electron chi connectivity index (χ1n) is 5.43. The van der Waals surface area contributed by atoms with E-state index in [1.54, 1.807) is 0 Å². The SMILES string of the molecule is C=C(C)C(=O)OC(c1ccc(OC)c(F)c1)C(F)(F)F. The lowest BCUT2D eigenvalue weighted by atomic mass is 10.1. The maximum atomic E-state index is 13.4. The number of benzene rings is 1. The van der Waals surface area contributed by atoms with E-state index in [0.717, 1.165) is 12.1 Å². The quantitative estimate of drug-likeness (QED) is 0.483. The van der Waals surface area contributed by atoms with E-state index >= 15 is 0 Å². The van der Waals surface area contributed by atoms with E-state index in [1.807, 2.05) is 0 Å². The van der Waals surface area contributed by atoms with Gasteiger partial charge in [-0.2, -0.15) is 13.2 Å².